The molecule has 1 aromatic rings. The highest BCUT2D eigenvalue weighted by molar-refractivity contribution is 5.77. The van der Waals surface area contributed by atoms with E-state index in [1.54, 1.807) is 31.2 Å². The lowest BCUT2D eigenvalue weighted by atomic mass is 10.0. The molecule has 6 nitrogen and oxygen atoms in total. The lowest BCUT2D eigenvalue weighted by Crippen LogP contribution is -2.29. The van der Waals surface area contributed by atoms with E-state index in [1.807, 2.05) is 0 Å². The Kier molecular flexibility index (Phi) is 5.15. The van der Waals surface area contributed by atoms with Gasteiger partial charge in [0, 0.05) is 0 Å². The van der Waals surface area contributed by atoms with Crippen molar-refractivity contribution in [3.05, 3.63) is 35.4 Å². The third-order valence-corrected chi connectivity index (χ3v) is 3.83. The van der Waals surface area contributed by atoms with Gasteiger partial charge in [-0.15, -0.1) is 0 Å². The zero-order chi connectivity index (χ0) is 16.3. The van der Waals surface area contributed by atoms with Gasteiger partial charge in [0.1, 0.15) is 6.10 Å². The molecular weight excluding hydrogens is 288 g/mol. The Bertz CT molecular complexity index is 538. The van der Waals surface area contributed by atoms with Crippen LogP contribution in [0.2, 0.25) is 0 Å². The van der Waals surface area contributed by atoms with E-state index < -0.39 is 18.2 Å². The highest BCUT2D eigenvalue weighted by atomic mass is 16.5. The summed E-state index contributed by atoms with van der Waals surface area (Å²) >= 11 is 0. The molecule has 6 heteroatoms. The largest absolute Gasteiger partial charge is 0.467 e. The fourth-order valence-corrected chi connectivity index (χ4v) is 2.45. The Morgan fingerprint density at radius 2 is 1.91 bits per heavy atom. The molecule has 4 atom stereocenters. The SMILES string of the molecule is CCOC(=O)[C@@H]1C[C@H]1c1ccc([C@H](O)[C@@H](O)C(=O)OC)cc1. The summed E-state index contributed by atoms with van der Waals surface area (Å²) in [5.74, 6) is -1.04. The fourth-order valence-electron chi connectivity index (χ4n) is 2.45. The van der Waals surface area contributed by atoms with Gasteiger partial charge in [0.25, 0.3) is 0 Å². The van der Waals surface area contributed by atoms with Crippen molar-refractivity contribution >= 4 is 11.9 Å². The van der Waals surface area contributed by atoms with Crippen molar-refractivity contribution in [2.75, 3.05) is 13.7 Å². The van der Waals surface area contributed by atoms with Crippen molar-refractivity contribution in [2.24, 2.45) is 5.92 Å². The minimum absolute atomic E-state index is 0.101. The summed E-state index contributed by atoms with van der Waals surface area (Å²) in [5, 5.41) is 19.5. The van der Waals surface area contributed by atoms with E-state index in [-0.39, 0.29) is 17.8 Å². The first-order valence-corrected chi connectivity index (χ1v) is 7.20. The van der Waals surface area contributed by atoms with E-state index >= 15 is 0 Å². The molecule has 1 saturated carbocycles. The standard InChI is InChI=1S/C16H20O6/c1-3-22-15(19)12-8-11(12)9-4-6-10(7-5-9)13(17)14(18)16(20)21-2/h4-7,11-14,17-18H,3,8H2,1-2H3/t11-,12+,13-,14+/m0/s1. The molecule has 0 spiro atoms. The minimum Gasteiger partial charge on any atom is -0.467 e. The van der Waals surface area contributed by atoms with Crippen LogP contribution in [0.3, 0.4) is 0 Å². The first-order valence-electron chi connectivity index (χ1n) is 7.20. The Morgan fingerprint density at radius 1 is 1.27 bits per heavy atom. The van der Waals surface area contributed by atoms with Gasteiger partial charge in [-0.2, -0.15) is 0 Å². The third-order valence-electron chi connectivity index (χ3n) is 3.83. The second-order valence-electron chi connectivity index (χ2n) is 5.28. The predicted octanol–water partition coefficient (Wildman–Crippen LogP) is 0.920. The molecule has 0 unspecified atom stereocenters. The Hall–Kier alpha value is -1.92. The molecule has 0 radical (unpaired) electrons. The van der Waals surface area contributed by atoms with Gasteiger partial charge in [-0.05, 0) is 30.4 Å². The number of esters is 2. The summed E-state index contributed by atoms with van der Waals surface area (Å²) in [5.41, 5.74) is 1.39. The maximum Gasteiger partial charge on any atom is 0.337 e. The van der Waals surface area contributed by atoms with Crippen LogP contribution in [0.15, 0.2) is 24.3 Å². The minimum atomic E-state index is -1.62. The molecule has 0 aromatic heterocycles. The molecule has 0 amide bonds. The Balaban J connectivity index is 2.00. The molecule has 0 aliphatic heterocycles. The second kappa shape index (κ2) is 6.89. The summed E-state index contributed by atoms with van der Waals surface area (Å²) in [4.78, 5) is 22.8. The lowest BCUT2D eigenvalue weighted by Gasteiger charge is -2.16. The number of hydrogen-bond donors (Lipinski definition) is 2. The van der Waals surface area contributed by atoms with Crippen molar-refractivity contribution in [1.29, 1.82) is 0 Å². The number of benzene rings is 1. The van der Waals surface area contributed by atoms with Crippen molar-refractivity contribution in [1.82, 2.24) is 0 Å². The molecule has 2 N–H and O–H groups in total. The van der Waals surface area contributed by atoms with Crippen LogP contribution in [-0.4, -0.2) is 42.0 Å². The molecule has 1 aliphatic carbocycles. The molecule has 22 heavy (non-hydrogen) atoms. The van der Waals surface area contributed by atoms with Gasteiger partial charge in [0.05, 0.1) is 19.6 Å². The molecule has 1 fully saturated rings. The molecule has 2 rings (SSSR count). The van der Waals surface area contributed by atoms with Gasteiger partial charge < -0.3 is 19.7 Å². The summed E-state index contributed by atoms with van der Waals surface area (Å²) in [6.45, 7) is 2.15. The number of carbonyl (C=O) groups is 2. The van der Waals surface area contributed by atoms with Gasteiger partial charge in [0.15, 0.2) is 6.10 Å². The zero-order valence-corrected chi connectivity index (χ0v) is 12.6. The molecule has 0 bridgehead atoms. The summed E-state index contributed by atoms with van der Waals surface area (Å²) in [7, 11) is 1.14. The van der Waals surface area contributed by atoms with Crippen molar-refractivity contribution < 1.29 is 29.3 Å². The zero-order valence-electron chi connectivity index (χ0n) is 12.6. The normalized spacial score (nSPS) is 22.5. The van der Waals surface area contributed by atoms with Gasteiger partial charge in [-0.3, -0.25) is 4.79 Å². The van der Waals surface area contributed by atoms with E-state index in [0.717, 1.165) is 19.1 Å². The highest BCUT2D eigenvalue weighted by Crippen LogP contribution is 2.48. The number of ether oxygens (including phenoxy) is 2. The maximum atomic E-state index is 11.6. The number of aliphatic hydroxyl groups excluding tert-OH is 2. The van der Waals surface area contributed by atoms with Crippen LogP contribution in [0, 0.1) is 5.92 Å². The van der Waals surface area contributed by atoms with Crippen LogP contribution >= 0.6 is 0 Å². The summed E-state index contributed by atoms with van der Waals surface area (Å²) in [6.07, 6.45) is -2.21. The van der Waals surface area contributed by atoms with E-state index in [9.17, 15) is 19.8 Å². The smallest absolute Gasteiger partial charge is 0.337 e. The molecule has 0 saturated heterocycles. The van der Waals surface area contributed by atoms with Crippen molar-refractivity contribution in [2.45, 2.75) is 31.5 Å². The van der Waals surface area contributed by atoms with Crippen LogP contribution in [-0.2, 0) is 19.1 Å². The van der Waals surface area contributed by atoms with Crippen LogP contribution in [0.1, 0.15) is 36.5 Å². The van der Waals surface area contributed by atoms with Crippen molar-refractivity contribution in [3.63, 3.8) is 0 Å². The molecular formula is C16H20O6. The Labute approximate surface area is 128 Å². The van der Waals surface area contributed by atoms with E-state index in [2.05, 4.69) is 4.74 Å². The number of methoxy groups -OCH3 is 1. The first-order chi connectivity index (χ1) is 10.5. The number of aliphatic hydroxyl groups is 2. The van der Waals surface area contributed by atoms with Gasteiger partial charge in [-0.1, -0.05) is 24.3 Å². The second-order valence-corrected chi connectivity index (χ2v) is 5.28. The van der Waals surface area contributed by atoms with Crippen molar-refractivity contribution in [3.8, 4) is 0 Å². The first kappa shape index (κ1) is 16.5. The van der Waals surface area contributed by atoms with Gasteiger partial charge >= 0.3 is 11.9 Å². The van der Waals surface area contributed by atoms with E-state index in [1.165, 1.54) is 0 Å². The number of hydrogen-bond acceptors (Lipinski definition) is 6. The molecule has 0 heterocycles. The van der Waals surface area contributed by atoms with Gasteiger partial charge in [0.2, 0.25) is 0 Å². The van der Waals surface area contributed by atoms with Crippen LogP contribution < -0.4 is 0 Å². The molecule has 120 valence electrons. The van der Waals surface area contributed by atoms with E-state index in [0.29, 0.717) is 12.2 Å². The Morgan fingerprint density at radius 3 is 2.45 bits per heavy atom. The van der Waals surface area contributed by atoms with E-state index in [4.69, 9.17) is 4.74 Å². The quantitative estimate of drug-likeness (QED) is 0.759. The maximum absolute atomic E-state index is 11.6. The van der Waals surface area contributed by atoms with Crippen LogP contribution in [0.5, 0.6) is 0 Å². The summed E-state index contributed by atoms with van der Waals surface area (Å²) < 4.78 is 9.38. The average Bonchev–Trinajstić information content (AvgIpc) is 3.34. The highest BCUT2D eigenvalue weighted by Gasteiger charge is 2.45. The topological polar surface area (TPSA) is 93.1 Å². The fraction of sp³-hybridized carbons (Fsp3) is 0.500. The average molecular weight is 308 g/mol. The van der Waals surface area contributed by atoms with Crippen LogP contribution in [0.25, 0.3) is 0 Å². The monoisotopic (exact) mass is 308 g/mol. The lowest BCUT2D eigenvalue weighted by molar-refractivity contribution is -0.156. The predicted molar refractivity (Wildman–Crippen MR) is 76.9 cm³/mol. The molecule has 1 aliphatic rings. The summed E-state index contributed by atoms with van der Waals surface area (Å²) in [6, 6.07) is 6.83. The number of rotatable bonds is 6. The van der Waals surface area contributed by atoms with Gasteiger partial charge in [-0.25, -0.2) is 4.79 Å². The van der Waals surface area contributed by atoms with Crippen LogP contribution in [0.4, 0.5) is 0 Å². The molecule has 1 aromatic carbocycles. The third kappa shape index (κ3) is 3.45. The number of carbonyl (C=O) groups excluding carboxylic acids is 2.